The molecule has 2 atom stereocenters. The van der Waals surface area contributed by atoms with Crippen LogP contribution >= 0.6 is 0 Å². The van der Waals surface area contributed by atoms with E-state index >= 15 is 0 Å². The van der Waals surface area contributed by atoms with E-state index in [9.17, 15) is 0 Å². The first-order valence-electron chi connectivity index (χ1n) is 7.53. The quantitative estimate of drug-likeness (QED) is 0.882. The van der Waals surface area contributed by atoms with Crippen molar-refractivity contribution in [2.75, 3.05) is 0 Å². The molecule has 21 heavy (non-hydrogen) atoms. The lowest BCUT2D eigenvalue weighted by molar-refractivity contribution is 0.123. The van der Waals surface area contributed by atoms with E-state index in [0.717, 1.165) is 11.3 Å². The maximum atomic E-state index is 6.43. The second-order valence-electron chi connectivity index (χ2n) is 6.01. The normalized spacial score (nSPS) is 14.0. The fraction of sp³-hybridized carbons (Fsp3) is 0.368. The third-order valence-electron chi connectivity index (χ3n) is 3.95. The molecule has 0 saturated carbocycles. The zero-order chi connectivity index (χ0) is 15.4. The second-order valence-corrected chi connectivity index (χ2v) is 6.01. The smallest absolute Gasteiger partial charge is 0.120 e. The number of nitrogens with two attached hydrogens (primary N) is 1. The van der Waals surface area contributed by atoms with E-state index in [-0.39, 0.29) is 12.1 Å². The van der Waals surface area contributed by atoms with Gasteiger partial charge in [0.25, 0.3) is 0 Å². The Morgan fingerprint density at radius 3 is 2.14 bits per heavy atom. The summed E-state index contributed by atoms with van der Waals surface area (Å²) in [5, 5.41) is 0. The van der Waals surface area contributed by atoms with Gasteiger partial charge in [-0.05, 0) is 48.6 Å². The maximum Gasteiger partial charge on any atom is 0.120 e. The van der Waals surface area contributed by atoms with Crippen LogP contribution in [-0.2, 0) is 0 Å². The molecule has 2 unspecified atom stereocenters. The minimum atomic E-state index is -0.132. The van der Waals surface area contributed by atoms with Gasteiger partial charge in [0.2, 0.25) is 0 Å². The number of hydrogen-bond donors (Lipinski definition) is 1. The van der Waals surface area contributed by atoms with Crippen molar-refractivity contribution >= 4 is 0 Å². The molecular weight excluding hydrogens is 258 g/mol. The molecule has 0 radical (unpaired) electrons. The third kappa shape index (κ3) is 3.85. The monoisotopic (exact) mass is 283 g/mol. The Kier molecular flexibility index (Phi) is 5.03. The summed E-state index contributed by atoms with van der Waals surface area (Å²) in [7, 11) is 0. The fourth-order valence-electron chi connectivity index (χ4n) is 2.43. The van der Waals surface area contributed by atoms with Crippen molar-refractivity contribution in [1.29, 1.82) is 0 Å². The maximum absolute atomic E-state index is 6.43. The summed E-state index contributed by atoms with van der Waals surface area (Å²) in [6.07, 6.45) is -0.0468. The predicted molar refractivity (Wildman–Crippen MR) is 88.5 cm³/mol. The van der Waals surface area contributed by atoms with Gasteiger partial charge >= 0.3 is 0 Å². The van der Waals surface area contributed by atoms with Gasteiger partial charge in [0.05, 0.1) is 6.04 Å². The number of rotatable bonds is 5. The van der Waals surface area contributed by atoms with Crippen LogP contribution in [0.15, 0.2) is 48.5 Å². The first-order valence-corrected chi connectivity index (χ1v) is 7.53. The largest absolute Gasteiger partial charge is 0.488 e. The molecule has 0 aliphatic carbocycles. The molecule has 2 heteroatoms. The Bertz CT molecular complexity index is 577. The first kappa shape index (κ1) is 15.6. The third-order valence-corrected chi connectivity index (χ3v) is 3.95. The molecular formula is C19H25NO. The van der Waals surface area contributed by atoms with Gasteiger partial charge < -0.3 is 10.5 Å². The van der Waals surface area contributed by atoms with Crippen LogP contribution in [-0.4, -0.2) is 6.10 Å². The molecule has 2 aromatic carbocycles. The van der Waals surface area contributed by atoms with Crippen LogP contribution < -0.4 is 10.5 Å². The van der Waals surface area contributed by atoms with Gasteiger partial charge in [0.15, 0.2) is 0 Å². The molecule has 2 rings (SSSR count). The zero-order valence-corrected chi connectivity index (χ0v) is 13.3. The molecule has 2 nitrogen and oxygen atoms in total. The van der Waals surface area contributed by atoms with Crippen molar-refractivity contribution in [2.45, 2.75) is 39.8 Å². The van der Waals surface area contributed by atoms with Crippen LogP contribution in [0.1, 0.15) is 36.6 Å². The van der Waals surface area contributed by atoms with E-state index in [0.29, 0.717) is 5.92 Å². The van der Waals surface area contributed by atoms with E-state index in [1.807, 2.05) is 24.3 Å². The lowest BCUT2D eigenvalue weighted by Crippen LogP contribution is -2.35. The molecule has 0 bridgehead atoms. The van der Waals surface area contributed by atoms with Crippen molar-refractivity contribution in [3.63, 3.8) is 0 Å². The molecule has 2 N–H and O–H groups in total. The summed E-state index contributed by atoms with van der Waals surface area (Å²) < 4.78 is 6.20. The standard InChI is InChI=1S/C19H25NO/c1-13(2)19(18(20)16-8-6-5-7-9-16)21-17-11-10-14(3)15(4)12-17/h5-13,18-19H,20H2,1-4H3. The molecule has 112 valence electrons. The van der Waals surface area contributed by atoms with Crippen LogP contribution in [0.4, 0.5) is 0 Å². The number of aryl methyl sites for hydroxylation is 2. The fourth-order valence-corrected chi connectivity index (χ4v) is 2.43. The van der Waals surface area contributed by atoms with Crippen molar-refractivity contribution in [3.05, 3.63) is 65.2 Å². The lowest BCUT2D eigenvalue weighted by Gasteiger charge is -2.29. The molecule has 0 fully saturated rings. The van der Waals surface area contributed by atoms with Gasteiger partial charge in [-0.15, -0.1) is 0 Å². The van der Waals surface area contributed by atoms with Crippen molar-refractivity contribution in [1.82, 2.24) is 0 Å². The van der Waals surface area contributed by atoms with E-state index in [2.05, 4.69) is 52.0 Å². The van der Waals surface area contributed by atoms with E-state index in [4.69, 9.17) is 10.5 Å². The minimum Gasteiger partial charge on any atom is -0.488 e. The van der Waals surface area contributed by atoms with E-state index < -0.39 is 0 Å². The van der Waals surface area contributed by atoms with Crippen LogP contribution in [0.3, 0.4) is 0 Å². The number of benzene rings is 2. The summed E-state index contributed by atoms with van der Waals surface area (Å²) in [6.45, 7) is 8.50. The highest BCUT2D eigenvalue weighted by molar-refractivity contribution is 5.34. The van der Waals surface area contributed by atoms with Gasteiger partial charge in [-0.1, -0.05) is 50.2 Å². The van der Waals surface area contributed by atoms with E-state index in [1.54, 1.807) is 0 Å². The Hall–Kier alpha value is -1.80. The number of ether oxygens (including phenoxy) is 1. The molecule has 0 heterocycles. The molecule has 0 aliphatic heterocycles. The average Bonchev–Trinajstić information content (AvgIpc) is 2.48. The van der Waals surface area contributed by atoms with Gasteiger partial charge in [-0.2, -0.15) is 0 Å². The summed E-state index contributed by atoms with van der Waals surface area (Å²) in [5.41, 5.74) is 10.1. The van der Waals surface area contributed by atoms with Crippen LogP contribution in [0.5, 0.6) is 5.75 Å². The molecule has 0 saturated heterocycles. The van der Waals surface area contributed by atoms with Crippen LogP contribution in [0.25, 0.3) is 0 Å². The van der Waals surface area contributed by atoms with Crippen molar-refractivity contribution in [3.8, 4) is 5.75 Å². The summed E-state index contributed by atoms with van der Waals surface area (Å²) >= 11 is 0. The topological polar surface area (TPSA) is 35.2 Å². The molecule has 0 aromatic heterocycles. The van der Waals surface area contributed by atoms with Gasteiger partial charge in [0.1, 0.15) is 11.9 Å². The summed E-state index contributed by atoms with van der Waals surface area (Å²) in [5.74, 6) is 1.23. The molecule has 0 aliphatic rings. The Balaban J connectivity index is 2.21. The van der Waals surface area contributed by atoms with Crippen molar-refractivity contribution < 1.29 is 4.74 Å². The molecule has 0 amide bonds. The van der Waals surface area contributed by atoms with Crippen molar-refractivity contribution in [2.24, 2.45) is 11.7 Å². The van der Waals surface area contributed by atoms with Gasteiger partial charge in [0, 0.05) is 0 Å². The van der Waals surface area contributed by atoms with Gasteiger partial charge in [-0.25, -0.2) is 0 Å². The molecule has 2 aromatic rings. The molecule has 0 spiro atoms. The predicted octanol–water partition coefficient (Wildman–Crippen LogP) is 4.41. The lowest BCUT2D eigenvalue weighted by atomic mass is 9.94. The highest BCUT2D eigenvalue weighted by Crippen LogP contribution is 2.26. The van der Waals surface area contributed by atoms with Crippen LogP contribution in [0.2, 0.25) is 0 Å². The highest BCUT2D eigenvalue weighted by atomic mass is 16.5. The van der Waals surface area contributed by atoms with E-state index in [1.165, 1.54) is 11.1 Å². The highest BCUT2D eigenvalue weighted by Gasteiger charge is 2.24. The SMILES string of the molecule is Cc1ccc(OC(C(C)C)C(N)c2ccccc2)cc1C. The zero-order valence-electron chi connectivity index (χ0n) is 13.3. The Morgan fingerprint density at radius 1 is 0.905 bits per heavy atom. The summed E-state index contributed by atoms with van der Waals surface area (Å²) in [6, 6.07) is 16.2. The average molecular weight is 283 g/mol. The van der Waals surface area contributed by atoms with Crippen LogP contribution in [0, 0.1) is 19.8 Å². The summed E-state index contributed by atoms with van der Waals surface area (Å²) in [4.78, 5) is 0. The minimum absolute atomic E-state index is 0.0468. The Labute approximate surface area is 127 Å². The van der Waals surface area contributed by atoms with Gasteiger partial charge in [-0.3, -0.25) is 0 Å². The number of hydrogen-bond acceptors (Lipinski definition) is 2. The first-order chi connectivity index (χ1) is 9.99. The second kappa shape index (κ2) is 6.77. The Morgan fingerprint density at radius 2 is 1.57 bits per heavy atom.